The number of aromatic nitrogens is 1. The minimum Gasteiger partial charge on any atom is -0.492 e. The van der Waals surface area contributed by atoms with Crippen molar-refractivity contribution < 1.29 is 34.3 Å². The largest absolute Gasteiger partial charge is 0.492 e. The fourth-order valence-electron chi connectivity index (χ4n) is 5.13. The summed E-state index contributed by atoms with van der Waals surface area (Å²) in [5.41, 5.74) is 6.09. The summed E-state index contributed by atoms with van der Waals surface area (Å²) in [4.78, 5) is 15.4. The molecule has 0 bridgehead atoms. The predicted octanol–water partition coefficient (Wildman–Crippen LogP) is 4.81. The summed E-state index contributed by atoms with van der Waals surface area (Å²) in [6.07, 6.45) is 2.36. The zero-order chi connectivity index (χ0) is 26.9. The lowest BCUT2D eigenvalue weighted by molar-refractivity contribution is -0.137. The summed E-state index contributed by atoms with van der Waals surface area (Å²) in [6.45, 7) is 4.75. The molecule has 2 atom stereocenters. The van der Waals surface area contributed by atoms with Crippen LogP contribution in [-0.2, 0) is 11.4 Å². The quantitative estimate of drug-likeness (QED) is 0.348. The summed E-state index contributed by atoms with van der Waals surface area (Å²) in [7, 11) is 0. The van der Waals surface area contributed by atoms with Crippen LogP contribution in [0.15, 0.2) is 48.7 Å². The highest BCUT2D eigenvalue weighted by Crippen LogP contribution is 2.38. The van der Waals surface area contributed by atoms with Gasteiger partial charge in [0, 0.05) is 35.9 Å². The van der Waals surface area contributed by atoms with Gasteiger partial charge in [0.05, 0.1) is 13.0 Å². The third-order valence-corrected chi connectivity index (χ3v) is 7.92. The SMILES string of the molecule is Cc1cc(O[C@@H]2CCSC(O)(O)C2)cc(C)c1-c1cccc(COc2cc3c(cn2)[C@H](CC(=O)O)CO3)c1. The fourth-order valence-corrected chi connectivity index (χ4v) is 6.14. The molecule has 2 aliphatic heterocycles. The Bertz CT molecular complexity index is 1320. The number of thioether (sulfide) groups is 1. The van der Waals surface area contributed by atoms with Gasteiger partial charge in [0.1, 0.15) is 24.2 Å². The predicted molar refractivity (Wildman–Crippen MR) is 144 cm³/mol. The number of aliphatic hydroxyl groups is 2. The zero-order valence-corrected chi connectivity index (χ0v) is 22.2. The lowest BCUT2D eigenvalue weighted by Crippen LogP contribution is -2.37. The van der Waals surface area contributed by atoms with Crippen molar-refractivity contribution in [1.82, 2.24) is 4.98 Å². The molecule has 0 saturated carbocycles. The van der Waals surface area contributed by atoms with E-state index >= 15 is 0 Å². The van der Waals surface area contributed by atoms with Gasteiger partial charge in [0.2, 0.25) is 11.0 Å². The number of fused-ring (bicyclic) bond motifs is 1. The van der Waals surface area contributed by atoms with E-state index in [1.807, 2.05) is 38.1 Å². The van der Waals surface area contributed by atoms with Gasteiger partial charge in [-0.05, 0) is 66.3 Å². The molecular formula is C29H31NO7S. The number of hydrogen-bond donors (Lipinski definition) is 3. The Morgan fingerprint density at radius 3 is 2.71 bits per heavy atom. The Hall–Kier alpha value is -3.27. The Kier molecular flexibility index (Phi) is 7.52. The van der Waals surface area contributed by atoms with Crippen molar-refractivity contribution in [2.45, 2.75) is 56.9 Å². The maximum absolute atomic E-state index is 11.1. The monoisotopic (exact) mass is 537 g/mol. The highest BCUT2D eigenvalue weighted by Gasteiger charge is 2.34. The van der Waals surface area contributed by atoms with E-state index in [0.717, 1.165) is 57.3 Å². The van der Waals surface area contributed by atoms with Crippen molar-refractivity contribution in [3.63, 3.8) is 0 Å². The van der Waals surface area contributed by atoms with E-state index < -0.39 is 11.1 Å². The van der Waals surface area contributed by atoms with E-state index in [1.54, 1.807) is 12.3 Å². The average Bonchev–Trinajstić information content (AvgIpc) is 3.23. The molecule has 5 rings (SSSR count). The summed E-state index contributed by atoms with van der Waals surface area (Å²) >= 11 is 1.14. The van der Waals surface area contributed by atoms with Gasteiger partial charge in [-0.15, -0.1) is 0 Å². The lowest BCUT2D eigenvalue weighted by atomic mass is 9.94. The van der Waals surface area contributed by atoms with Crippen molar-refractivity contribution in [3.8, 4) is 28.5 Å². The number of aryl methyl sites for hydroxylation is 2. The van der Waals surface area contributed by atoms with Gasteiger partial charge in [-0.2, -0.15) is 0 Å². The maximum atomic E-state index is 11.1. The molecule has 0 unspecified atom stereocenters. The van der Waals surface area contributed by atoms with E-state index in [9.17, 15) is 15.0 Å². The fraction of sp³-hybridized carbons (Fsp3) is 0.379. The van der Waals surface area contributed by atoms with Crippen LogP contribution in [0.5, 0.6) is 17.4 Å². The Balaban J connectivity index is 1.27. The van der Waals surface area contributed by atoms with Crippen LogP contribution in [0, 0.1) is 13.8 Å². The van der Waals surface area contributed by atoms with Crippen molar-refractivity contribution in [3.05, 3.63) is 70.9 Å². The van der Waals surface area contributed by atoms with E-state index in [0.29, 0.717) is 30.6 Å². The second kappa shape index (κ2) is 10.8. The molecule has 1 fully saturated rings. The van der Waals surface area contributed by atoms with Crippen LogP contribution < -0.4 is 14.2 Å². The van der Waals surface area contributed by atoms with Gasteiger partial charge in [0.15, 0.2) is 0 Å². The van der Waals surface area contributed by atoms with Gasteiger partial charge in [0.25, 0.3) is 0 Å². The standard InChI is InChI=1S/C29H31NO7S/c1-17-8-23(37-22-6-7-38-29(33,34)13-22)9-18(2)28(17)20-5-3-4-19(10-20)15-36-26-12-25-24(14-30-26)21(16-35-25)11-27(31)32/h3-5,8-10,12,14,21-22,33-34H,6-7,11,13,15-16H2,1-2H3,(H,31,32)/t21-,22-/m1/s1. The minimum atomic E-state index is -1.74. The lowest BCUT2D eigenvalue weighted by Gasteiger charge is -2.32. The van der Waals surface area contributed by atoms with Crippen molar-refractivity contribution in [2.24, 2.45) is 0 Å². The van der Waals surface area contributed by atoms with Crippen LogP contribution in [0.4, 0.5) is 0 Å². The molecule has 200 valence electrons. The molecule has 0 amide bonds. The molecule has 0 spiro atoms. The van der Waals surface area contributed by atoms with Crippen molar-refractivity contribution in [2.75, 3.05) is 12.4 Å². The number of rotatable bonds is 8. The number of aliphatic carboxylic acids is 1. The minimum absolute atomic E-state index is 0.0133. The third kappa shape index (κ3) is 6.06. The Morgan fingerprint density at radius 2 is 1.97 bits per heavy atom. The van der Waals surface area contributed by atoms with Crippen LogP contribution in [0.2, 0.25) is 0 Å². The van der Waals surface area contributed by atoms with Gasteiger partial charge in [-0.25, -0.2) is 4.98 Å². The van der Waals surface area contributed by atoms with Gasteiger partial charge >= 0.3 is 5.97 Å². The number of carbonyl (C=O) groups is 1. The van der Waals surface area contributed by atoms with Crippen molar-refractivity contribution >= 4 is 17.7 Å². The number of pyridine rings is 1. The third-order valence-electron chi connectivity index (χ3n) is 6.85. The molecule has 3 N–H and O–H groups in total. The molecule has 2 aromatic carbocycles. The molecule has 1 saturated heterocycles. The molecule has 3 heterocycles. The van der Waals surface area contributed by atoms with Crippen LogP contribution in [0.1, 0.15) is 47.4 Å². The highest BCUT2D eigenvalue weighted by atomic mass is 32.2. The van der Waals surface area contributed by atoms with Gasteiger partial charge in [-0.1, -0.05) is 30.0 Å². The number of benzene rings is 2. The van der Waals surface area contributed by atoms with Crippen LogP contribution >= 0.6 is 11.8 Å². The number of hydrogen-bond acceptors (Lipinski definition) is 8. The first-order valence-corrected chi connectivity index (χ1v) is 13.6. The Morgan fingerprint density at radius 1 is 1.18 bits per heavy atom. The molecule has 9 heteroatoms. The molecule has 1 aromatic heterocycles. The maximum Gasteiger partial charge on any atom is 0.304 e. The van der Waals surface area contributed by atoms with Crippen LogP contribution in [0.3, 0.4) is 0 Å². The van der Waals surface area contributed by atoms with Crippen LogP contribution in [-0.4, -0.2) is 49.9 Å². The topological polar surface area (TPSA) is 118 Å². The molecule has 3 aromatic rings. The van der Waals surface area contributed by atoms with Gasteiger partial charge < -0.3 is 29.5 Å². The Labute approximate surface area is 225 Å². The molecule has 38 heavy (non-hydrogen) atoms. The molecule has 0 radical (unpaired) electrons. The molecule has 0 aliphatic carbocycles. The van der Waals surface area contributed by atoms with E-state index in [1.165, 1.54) is 0 Å². The first-order valence-electron chi connectivity index (χ1n) is 12.6. The van der Waals surface area contributed by atoms with Crippen LogP contribution in [0.25, 0.3) is 11.1 Å². The smallest absolute Gasteiger partial charge is 0.304 e. The summed E-state index contributed by atoms with van der Waals surface area (Å²) in [6, 6.07) is 13.9. The van der Waals surface area contributed by atoms with E-state index in [2.05, 4.69) is 17.1 Å². The second-order valence-corrected chi connectivity index (χ2v) is 11.3. The summed E-state index contributed by atoms with van der Waals surface area (Å²) in [5.74, 6) is 1.37. The number of carboxylic acid groups (broad SMARTS) is 1. The molecular weight excluding hydrogens is 506 g/mol. The summed E-state index contributed by atoms with van der Waals surface area (Å²) in [5, 5.41) is 27.2. The first kappa shape index (κ1) is 26.3. The molecule has 8 nitrogen and oxygen atoms in total. The second-order valence-electron chi connectivity index (χ2n) is 9.91. The average molecular weight is 538 g/mol. The van der Waals surface area contributed by atoms with E-state index in [-0.39, 0.29) is 24.9 Å². The normalized spacial score (nSPS) is 19.9. The number of carboxylic acids is 1. The van der Waals surface area contributed by atoms with E-state index in [4.69, 9.17) is 19.3 Å². The summed E-state index contributed by atoms with van der Waals surface area (Å²) < 4.78 is 17.7. The van der Waals surface area contributed by atoms with Crippen molar-refractivity contribution in [1.29, 1.82) is 0 Å². The zero-order valence-electron chi connectivity index (χ0n) is 21.3. The number of ether oxygens (including phenoxy) is 3. The molecule has 2 aliphatic rings. The number of nitrogens with zero attached hydrogens (tertiary/aromatic N) is 1. The first-order chi connectivity index (χ1) is 18.2. The van der Waals surface area contributed by atoms with Gasteiger partial charge in [-0.3, -0.25) is 4.79 Å². The highest BCUT2D eigenvalue weighted by molar-refractivity contribution is 8.00.